The van der Waals surface area contributed by atoms with E-state index in [4.69, 9.17) is 0 Å². The number of ketones is 1. The molecule has 0 unspecified atom stereocenters. The fraction of sp³-hybridized carbons (Fsp3) is 0.143. The molecule has 0 aromatic heterocycles. The fourth-order valence-corrected chi connectivity index (χ4v) is 0.994. The number of hydrogen-bond donors (Lipinski definition) is 0. The Labute approximate surface area is 72.5 Å². The highest BCUT2D eigenvalue weighted by molar-refractivity contribution is 9.11. The summed E-state index contributed by atoms with van der Waals surface area (Å²) in [6.07, 6.45) is 4.35. The maximum absolute atomic E-state index is 11.0. The molecular formula is C7H6BrNO2. The molecule has 0 saturated carbocycles. The van der Waals surface area contributed by atoms with Gasteiger partial charge in [0.05, 0.1) is 6.42 Å². The topological polar surface area (TPSA) is 37.4 Å². The SMILES string of the molecule is O=C1C=CN(/C=C/Br)C(=O)C1. The fourth-order valence-electron chi connectivity index (χ4n) is 0.739. The molecule has 0 bridgehead atoms. The molecule has 11 heavy (non-hydrogen) atoms. The zero-order chi connectivity index (χ0) is 8.27. The van der Waals surface area contributed by atoms with Crippen molar-refractivity contribution in [3.05, 3.63) is 23.5 Å². The van der Waals surface area contributed by atoms with Gasteiger partial charge in [0, 0.05) is 12.4 Å². The van der Waals surface area contributed by atoms with Crippen molar-refractivity contribution in [2.24, 2.45) is 0 Å². The minimum atomic E-state index is -0.201. The van der Waals surface area contributed by atoms with Gasteiger partial charge in [0.25, 0.3) is 0 Å². The molecule has 0 saturated heterocycles. The summed E-state index contributed by atoms with van der Waals surface area (Å²) in [7, 11) is 0. The molecule has 0 fully saturated rings. The van der Waals surface area contributed by atoms with Crippen LogP contribution in [0.3, 0.4) is 0 Å². The number of halogens is 1. The van der Waals surface area contributed by atoms with Gasteiger partial charge in [-0.15, -0.1) is 0 Å². The molecule has 0 spiro atoms. The number of amides is 1. The molecule has 0 aromatic carbocycles. The highest BCUT2D eigenvalue weighted by atomic mass is 79.9. The standard InChI is InChI=1S/C7H6BrNO2/c8-2-4-9-3-1-6(10)5-7(9)11/h1-4H,5H2/b4-2+. The zero-order valence-electron chi connectivity index (χ0n) is 5.66. The maximum Gasteiger partial charge on any atom is 0.238 e. The quantitative estimate of drug-likeness (QED) is 0.617. The van der Waals surface area contributed by atoms with Gasteiger partial charge in [0.2, 0.25) is 5.91 Å². The van der Waals surface area contributed by atoms with Crippen LogP contribution in [-0.4, -0.2) is 16.6 Å². The molecule has 1 rings (SSSR count). The number of carbonyl (C=O) groups is 2. The second kappa shape index (κ2) is 3.48. The van der Waals surface area contributed by atoms with Gasteiger partial charge >= 0.3 is 0 Å². The summed E-state index contributed by atoms with van der Waals surface area (Å²) >= 11 is 3.03. The lowest BCUT2D eigenvalue weighted by atomic mass is 10.2. The Morgan fingerprint density at radius 3 is 2.82 bits per heavy atom. The third-order valence-electron chi connectivity index (χ3n) is 1.25. The lowest BCUT2D eigenvalue weighted by molar-refractivity contribution is -0.131. The predicted molar refractivity (Wildman–Crippen MR) is 43.7 cm³/mol. The van der Waals surface area contributed by atoms with Gasteiger partial charge in [-0.1, -0.05) is 15.9 Å². The van der Waals surface area contributed by atoms with Crippen LogP contribution in [0.1, 0.15) is 6.42 Å². The molecule has 58 valence electrons. The van der Waals surface area contributed by atoms with Gasteiger partial charge in [-0.25, -0.2) is 0 Å². The first-order valence-corrected chi connectivity index (χ1v) is 3.94. The highest BCUT2D eigenvalue weighted by Gasteiger charge is 2.16. The summed E-state index contributed by atoms with van der Waals surface area (Å²) in [4.78, 5) is 24.5. The normalized spacial score (nSPS) is 18.5. The second-order valence-corrected chi connectivity index (χ2v) is 2.56. The Bertz CT molecular complexity index is 245. The highest BCUT2D eigenvalue weighted by Crippen LogP contribution is 2.05. The van der Waals surface area contributed by atoms with Crippen LogP contribution < -0.4 is 0 Å². The van der Waals surface area contributed by atoms with Crippen molar-refractivity contribution in [3.63, 3.8) is 0 Å². The van der Waals surface area contributed by atoms with Gasteiger partial charge < -0.3 is 0 Å². The van der Waals surface area contributed by atoms with Gasteiger partial charge in [0.1, 0.15) is 0 Å². The van der Waals surface area contributed by atoms with Crippen LogP contribution in [0.2, 0.25) is 0 Å². The first kappa shape index (κ1) is 8.20. The van der Waals surface area contributed by atoms with Crippen LogP contribution >= 0.6 is 15.9 Å². The number of allylic oxidation sites excluding steroid dienone is 1. The van der Waals surface area contributed by atoms with Crippen molar-refractivity contribution in [1.29, 1.82) is 0 Å². The summed E-state index contributed by atoms with van der Waals surface area (Å²) in [6, 6.07) is 0. The molecule has 0 N–H and O–H groups in total. The third kappa shape index (κ3) is 2.01. The summed E-state index contributed by atoms with van der Waals surface area (Å²) in [5, 5.41) is 0. The largest absolute Gasteiger partial charge is 0.294 e. The number of nitrogens with zero attached hydrogens (tertiary/aromatic N) is 1. The maximum atomic E-state index is 11.0. The van der Waals surface area contributed by atoms with Gasteiger partial charge in [-0.2, -0.15) is 0 Å². The summed E-state index contributed by atoms with van der Waals surface area (Å²) in [5.41, 5.74) is 0. The van der Waals surface area contributed by atoms with E-state index >= 15 is 0 Å². The third-order valence-corrected chi connectivity index (χ3v) is 1.49. The summed E-state index contributed by atoms with van der Waals surface area (Å²) < 4.78 is 0. The minimum absolute atomic E-state index is 0.0339. The molecule has 0 aliphatic carbocycles. The van der Waals surface area contributed by atoms with E-state index in [0.717, 1.165) is 0 Å². The first-order valence-electron chi connectivity index (χ1n) is 3.03. The molecule has 0 radical (unpaired) electrons. The van der Waals surface area contributed by atoms with Crippen LogP contribution in [0.4, 0.5) is 0 Å². The van der Waals surface area contributed by atoms with Crippen LogP contribution in [0, 0.1) is 0 Å². The lowest BCUT2D eigenvalue weighted by Crippen LogP contribution is -2.26. The smallest absolute Gasteiger partial charge is 0.238 e. The van der Waals surface area contributed by atoms with Crippen LogP contribution in [0.25, 0.3) is 0 Å². The van der Waals surface area contributed by atoms with E-state index < -0.39 is 0 Å². The molecule has 1 amide bonds. The molecule has 4 heteroatoms. The molecule has 1 heterocycles. The zero-order valence-corrected chi connectivity index (χ0v) is 7.24. The van der Waals surface area contributed by atoms with E-state index in [-0.39, 0.29) is 18.1 Å². The Balaban J connectivity index is 2.76. The number of hydrogen-bond acceptors (Lipinski definition) is 2. The van der Waals surface area contributed by atoms with Crippen molar-refractivity contribution in [1.82, 2.24) is 4.90 Å². The predicted octanol–water partition coefficient (Wildman–Crippen LogP) is 1.17. The van der Waals surface area contributed by atoms with Crippen LogP contribution in [-0.2, 0) is 9.59 Å². The molecule has 1 aliphatic rings. The van der Waals surface area contributed by atoms with Gasteiger partial charge in [0.15, 0.2) is 5.78 Å². The van der Waals surface area contributed by atoms with Crippen molar-refractivity contribution in [2.45, 2.75) is 6.42 Å². The minimum Gasteiger partial charge on any atom is -0.294 e. The molecule has 0 atom stereocenters. The molecule has 0 aromatic rings. The Morgan fingerprint density at radius 2 is 2.27 bits per heavy atom. The van der Waals surface area contributed by atoms with Crippen molar-refractivity contribution < 1.29 is 9.59 Å². The molecular weight excluding hydrogens is 210 g/mol. The second-order valence-electron chi connectivity index (χ2n) is 2.03. The number of rotatable bonds is 1. The Kier molecular flexibility index (Phi) is 2.59. The lowest BCUT2D eigenvalue weighted by Gasteiger charge is -2.15. The monoisotopic (exact) mass is 215 g/mol. The van der Waals surface area contributed by atoms with E-state index in [0.29, 0.717) is 0 Å². The summed E-state index contributed by atoms with van der Waals surface area (Å²) in [6.45, 7) is 0. The van der Waals surface area contributed by atoms with E-state index in [1.807, 2.05) is 0 Å². The van der Waals surface area contributed by atoms with Gasteiger partial charge in [-0.05, 0) is 11.1 Å². The van der Waals surface area contributed by atoms with E-state index in [1.165, 1.54) is 17.2 Å². The van der Waals surface area contributed by atoms with Crippen LogP contribution in [0.5, 0.6) is 0 Å². The Hall–Kier alpha value is -0.900. The van der Waals surface area contributed by atoms with E-state index in [1.54, 1.807) is 11.2 Å². The molecule has 1 aliphatic heterocycles. The number of carbonyl (C=O) groups excluding carboxylic acids is 2. The van der Waals surface area contributed by atoms with E-state index in [2.05, 4.69) is 15.9 Å². The van der Waals surface area contributed by atoms with E-state index in [9.17, 15) is 9.59 Å². The van der Waals surface area contributed by atoms with Crippen molar-refractivity contribution in [2.75, 3.05) is 0 Å². The van der Waals surface area contributed by atoms with Crippen LogP contribution in [0.15, 0.2) is 23.5 Å². The van der Waals surface area contributed by atoms with Gasteiger partial charge in [-0.3, -0.25) is 14.5 Å². The average molecular weight is 216 g/mol. The Morgan fingerprint density at radius 1 is 1.55 bits per heavy atom. The van der Waals surface area contributed by atoms with Crippen molar-refractivity contribution in [3.8, 4) is 0 Å². The first-order chi connectivity index (χ1) is 5.24. The van der Waals surface area contributed by atoms with Crippen molar-refractivity contribution >= 4 is 27.6 Å². The summed E-state index contributed by atoms with van der Waals surface area (Å²) in [5.74, 6) is -0.345. The average Bonchev–Trinajstić information content (AvgIpc) is 1.95. The molecule has 3 nitrogen and oxygen atoms in total.